The first kappa shape index (κ1) is 12.6. The highest BCUT2D eigenvalue weighted by atomic mass is 79.9. The van der Waals surface area contributed by atoms with E-state index in [2.05, 4.69) is 40.2 Å². The summed E-state index contributed by atoms with van der Waals surface area (Å²) in [6, 6.07) is 0. The molecule has 1 saturated carbocycles. The molecule has 1 fully saturated rings. The number of aryl methyl sites for hydroxylation is 1. The van der Waals surface area contributed by atoms with Crippen molar-refractivity contribution in [1.82, 2.24) is 9.78 Å². The predicted octanol–water partition coefficient (Wildman–Crippen LogP) is 2.48. The molecule has 17 heavy (non-hydrogen) atoms. The monoisotopic (exact) mass is 299 g/mol. The van der Waals surface area contributed by atoms with Crippen molar-refractivity contribution in [2.75, 3.05) is 11.9 Å². The van der Waals surface area contributed by atoms with Gasteiger partial charge in [0.15, 0.2) is 0 Å². The highest BCUT2D eigenvalue weighted by Gasteiger charge is 2.45. The van der Waals surface area contributed by atoms with Gasteiger partial charge >= 0.3 is 0 Å². The molecule has 1 aliphatic carbocycles. The van der Waals surface area contributed by atoms with Gasteiger partial charge in [0.2, 0.25) is 0 Å². The second kappa shape index (κ2) is 4.44. The molecule has 1 N–H and O–H groups in total. The second-order valence-corrected chi connectivity index (χ2v) is 6.06. The molecule has 4 nitrogen and oxygen atoms in total. The molecule has 0 amide bonds. The van der Waals surface area contributed by atoms with Gasteiger partial charge in [-0.2, -0.15) is 5.10 Å². The summed E-state index contributed by atoms with van der Waals surface area (Å²) in [5.74, 6) is 0.697. The van der Waals surface area contributed by atoms with Crippen molar-refractivity contribution in [2.45, 2.75) is 33.7 Å². The molecular weight excluding hydrogens is 282 g/mol. The van der Waals surface area contributed by atoms with Gasteiger partial charge < -0.3 is 5.32 Å². The first-order chi connectivity index (χ1) is 7.95. The molecule has 0 saturated heterocycles. The van der Waals surface area contributed by atoms with Crippen molar-refractivity contribution < 1.29 is 0 Å². The Morgan fingerprint density at radius 3 is 2.82 bits per heavy atom. The zero-order chi connectivity index (χ0) is 12.6. The molecule has 0 bridgehead atoms. The van der Waals surface area contributed by atoms with Gasteiger partial charge in [0.05, 0.1) is 11.9 Å². The van der Waals surface area contributed by atoms with Crippen molar-refractivity contribution in [3.8, 4) is 0 Å². The quantitative estimate of drug-likeness (QED) is 0.929. The van der Waals surface area contributed by atoms with Crippen molar-refractivity contribution in [3.05, 3.63) is 21.0 Å². The molecule has 1 heterocycles. The maximum Gasteiger partial charge on any atom is 0.283 e. The van der Waals surface area contributed by atoms with Crippen LogP contribution < -0.4 is 10.9 Å². The molecule has 0 radical (unpaired) electrons. The Labute approximate surface area is 110 Å². The fourth-order valence-electron chi connectivity index (χ4n) is 1.97. The van der Waals surface area contributed by atoms with E-state index in [0.717, 1.165) is 12.2 Å². The van der Waals surface area contributed by atoms with Crippen molar-refractivity contribution in [1.29, 1.82) is 0 Å². The SMILES string of the molecule is CCn1ncc(NCC2CC2(C)C)c(Br)c1=O. The van der Waals surface area contributed by atoms with Gasteiger partial charge in [-0.25, -0.2) is 4.68 Å². The summed E-state index contributed by atoms with van der Waals surface area (Å²) in [6.07, 6.45) is 2.96. The van der Waals surface area contributed by atoms with Crippen molar-refractivity contribution >= 4 is 21.6 Å². The van der Waals surface area contributed by atoms with Gasteiger partial charge in [0.1, 0.15) is 4.47 Å². The first-order valence-electron chi connectivity index (χ1n) is 5.95. The Bertz CT molecular complexity index is 481. The lowest BCUT2D eigenvalue weighted by atomic mass is 10.1. The van der Waals surface area contributed by atoms with Gasteiger partial charge in [-0.1, -0.05) is 13.8 Å². The molecule has 1 unspecified atom stereocenters. The molecule has 1 aliphatic rings. The van der Waals surface area contributed by atoms with Crippen LogP contribution in [-0.2, 0) is 6.54 Å². The van der Waals surface area contributed by atoms with Crippen LogP contribution in [0.15, 0.2) is 15.5 Å². The minimum absolute atomic E-state index is 0.0763. The number of nitrogens with one attached hydrogen (secondary N) is 1. The summed E-state index contributed by atoms with van der Waals surface area (Å²) >= 11 is 3.34. The minimum Gasteiger partial charge on any atom is -0.382 e. The van der Waals surface area contributed by atoms with E-state index in [4.69, 9.17) is 0 Å². The van der Waals surface area contributed by atoms with Crippen LogP contribution in [0.5, 0.6) is 0 Å². The number of aromatic nitrogens is 2. The normalized spacial score (nSPS) is 21.3. The molecule has 94 valence electrons. The third-order valence-electron chi connectivity index (χ3n) is 3.54. The van der Waals surface area contributed by atoms with Crippen LogP contribution in [0.3, 0.4) is 0 Å². The van der Waals surface area contributed by atoms with E-state index in [0.29, 0.717) is 22.4 Å². The molecule has 1 aromatic rings. The molecule has 5 heteroatoms. The van der Waals surface area contributed by atoms with Crippen LogP contribution in [0, 0.1) is 11.3 Å². The molecule has 0 aliphatic heterocycles. The van der Waals surface area contributed by atoms with Crippen molar-refractivity contribution in [3.63, 3.8) is 0 Å². The Balaban J connectivity index is 2.07. The Kier molecular flexibility index (Phi) is 3.30. The smallest absolute Gasteiger partial charge is 0.283 e. The lowest BCUT2D eigenvalue weighted by molar-refractivity contribution is 0.572. The average molecular weight is 300 g/mol. The van der Waals surface area contributed by atoms with Crippen molar-refractivity contribution in [2.24, 2.45) is 11.3 Å². The summed E-state index contributed by atoms with van der Waals surface area (Å²) in [5, 5.41) is 7.40. The number of anilines is 1. The molecule has 1 atom stereocenters. The number of hydrogen-bond donors (Lipinski definition) is 1. The van der Waals surface area contributed by atoms with E-state index < -0.39 is 0 Å². The lowest BCUT2D eigenvalue weighted by Gasteiger charge is -2.10. The van der Waals surface area contributed by atoms with Gasteiger partial charge in [-0.3, -0.25) is 4.79 Å². The van der Waals surface area contributed by atoms with E-state index in [1.165, 1.54) is 11.1 Å². The lowest BCUT2D eigenvalue weighted by Crippen LogP contribution is -2.24. The van der Waals surface area contributed by atoms with Gasteiger partial charge in [0, 0.05) is 13.1 Å². The largest absolute Gasteiger partial charge is 0.382 e. The average Bonchev–Trinajstić information content (AvgIpc) is 2.89. The topological polar surface area (TPSA) is 46.9 Å². The molecule has 0 spiro atoms. The standard InChI is InChI=1S/C12H18BrN3O/c1-4-16-11(17)10(13)9(7-15-16)14-6-8-5-12(8,2)3/h7-8,14H,4-6H2,1-3H3. The van der Waals surface area contributed by atoms with E-state index in [1.807, 2.05) is 6.92 Å². The number of rotatable bonds is 4. The fourth-order valence-corrected chi connectivity index (χ4v) is 2.42. The van der Waals surface area contributed by atoms with E-state index in [-0.39, 0.29) is 5.56 Å². The number of nitrogens with zero attached hydrogens (tertiary/aromatic N) is 2. The molecule has 0 aromatic carbocycles. The third kappa shape index (κ3) is 2.54. The van der Waals surface area contributed by atoms with E-state index in [1.54, 1.807) is 6.20 Å². The number of hydrogen-bond acceptors (Lipinski definition) is 3. The summed E-state index contributed by atoms with van der Waals surface area (Å²) in [4.78, 5) is 11.8. The second-order valence-electron chi connectivity index (χ2n) is 5.26. The van der Waals surface area contributed by atoms with E-state index in [9.17, 15) is 4.79 Å². The Morgan fingerprint density at radius 1 is 1.65 bits per heavy atom. The summed E-state index contributed by atoms with van der Waals surface area (Å²) in [5.41, 5.74) is 1.17. The molecule has 1 aromatic heterocycles. The summed E-state index contributed by atoms with van der Waals surface area (Å²) < 4.78 is 2.02. The summed E-state index contributed by atoms with van der Waals surface area (Å²) in [7, 11) is 0. The van der Waals surface area contributed by atoms with Crippen LogP contribution >= 0.6 is 15.9 Å². The van der Waals surface area contributed by atoms with Crippen LogP contribution in [0.25, 0.3) is 0 Å². The Morgan fingerprint density at radius 2 is 2.29 bits per heavy atom. The summed E-state index contributed by atoms with van der Waals surface area (Å²) in [6.45, 7) is 7.93. The van der Waals surface area contributed by atoms with Gasteiger partial charge in [0.25, 0.3) is 5.56 Å². The predicted molar refractivity (Wildman–Crippen MR) is 72.2 cm³/mol. The highest BCUT2D eigenvalue weighted by molar-refractivity contribution is 9.10. The third-order valence-corrected chi connectivity index (χ3v) is 4.31. The van der Waals surface area contributed by atoms with Crippen LogP contribution in [0.4, 0.5) is 5.69 Å². The zero-order valence-electron chi connectivity index (χ0n) is 10.5. The van der Waals surface area contributed by atoms with E-state index >= 15 is 0 Å². The zero-order valence-corrected chi connectivity index (χ0v) is 12.0. The molecule has 2 rings (SSSR count). The highest BCUT2D eigenvalue weighted by Crippen LogP contribution is 2.51. The maximum absolute atomic E-state index is 11.8. The van der Waals surface area contributed by atoms with Crippen LogP contribution in [0.1, 0.15) is 27.2 Å². The Hall–Kier alpha value is -0.840. The first-order valence-corrected chi connectivity index (χ1v) is 6.74. The van der Waals surface area contributed by atoms with Crippen LogP contribution in [-0.4, -0.2) is 16.3 Å². The number of halogens is 1. The van der Waals surface area contributed by atoms with Gasteiger partial charge in [-0.15, -0.1) is 0 Å². The molecular formula is C12H18BrN3O. The fraction of sp³-hybridized carbons (Fsp3) is 0.667. The minimum atomic E-state index is -0.0763. The van der Waals surface area contributed by atoms with Crippen LogP contribution in [0.2, 0.25) is 0 Å². The maximum atomic E-state index is 11.8. The van der Waals surface area contributed by atoms with Gasteiger partial charge in [-0.05, 0) is 40.6 Å².